The van der Waals surface area contributed by atoms with E-state index < -0.39 is 0 Å². The van der Waals surface area contributed by atoms with Crippen molar-refractivity contribution in [3.8, 4) is 0 Å². The van der Waals surface area contributed by atoms with Crippen molar-refractivity contribution in [2.24, 2.45) is 0 Å². The van der Waals surface area contributed by atoms with Crippen molar-refractivity contribution in [1.82, 2.24) is 62.6 Å². The first kappa shape index (κ1) is 46.6. The van der Waals surface area contributed by atoms with Crippen LogP contribution in [0.1, 0.15) is 16.7 Å². The molecule has 0 radical (unpaired) electrons. The van der Waals surface area contributed by atoms with Crippen LogP contribution < -0.4 is 47.9 Å². The molecule has 3 fully saturated rings. The Kier molecular flexibility index (Phi) is 30.3. The molecular formula is C33H66N12Zn3+6. The Hall–Kier alpha value is 0.610. The van der Waals surface area contributed by atoms with Gasteiger partial charge in [-0.1, -0.05) is 18.2 Å². The van der Waals surface area contributed by atoms with Gasteiger partial charge < -0.3 is 47.9 Å². The quantitative estimate of drug-likeness (QED) is 0.141. The summed E-state index contributed by atoms with van der Waals surface area (Å²) in [5.41, 5.74) is 4.35. The molecule has 0 aromatic heterocycles. The maximum atomic E-state index is 3.64. The maximum absolute atomic E-state index is 3.64. The average molecular weight is 827 g/mol. The molecule has 0 atom stereocenters. The van der Waals surface area contributed by atoms with Crippen LogP contribution in [0.25, 0.3) is 0 Å². The van der Waals surface area contributed by atoms with E-state index in [-0.39, 0.29) is 58.4 Å². The first-order valence-electron chi connectivity index (χ1n) is 18.0. The number of nitrogens with one attached hydrogen (secondary N) is 9. The smallest absolute Gasteiger partial charge is 0.314 e. The molecule has 9 N–H and O–H groups in total. The van der Waals surface area contributed by atoms with E-state index in [0.717, 1.165) is 177 Å². The summed E-state index contributed by atoms with van der Waals surface area (Å²) in [5, 5.41) is 32.3. The Bertz CT molecular complexity index is 732. The van der Waals surface area contributed by atoms with Crippen LogP contribution in [0.3, 0.4) is 0 Å². The van der Waals surface area contributed by atoms with Crippen LogP contribution in [0.4, 0.5) is 0 Å². The largest absolute Gasteiger partial charge is 2.00 e. The summed E-state index contributed by atoms with van der Waals surface area (Å²) in [7, 11) is 0. The van der Waals surface area contributed by atoms with Gasteiger partial charge in [0.1, 0.15) is 0 Å². The minimum atomic E-state index is 0. The Morgan fingerprint density at radius 3 is 0.646 bits per heavy atom. The van der Waals surface area contributed by atoms with Crippen molar-refractivity contribution in [1.29, 1.82) is 0 Å². The van der Waals surface area contributed by atoms with Crippen molar-refractivity contribution in [2.75, 3.05) is 157 Å². The Morgan fingerprint density at radius 2 is 0.458 bits per heavy atom. The maximum Gasteiger partial charge on any atom is 2.00 e. The van der Waals surface area contributed by atoms with Crippen molar-refractivity contribution in [3.63, 3.8) is 0 Å². The van der Waals surface area contributed by atoms with E-state index in [9.17, 15) is 0 Å². The van der Waals surface area contributed by atoms with E-state index in [1.54, 1.807) is 0 Å². The van der Waals surface area contributed by atoms with E-state index in [0.29, 0.717) is 0 Å². The van der Waals surface area contributed by atoms with Crippen molar-refractivity contribution in [2.45, 2.75) is 19.6 Å². The van der Waals surface area contributed by atoms with Gasteiger partial charge in [-0.25, -0.2) is 0 Å². The van der Waals surface area contributed by atoms with E-state index in [1.165, 1.54) is 16.7 Å². The molecule has 3 aliphatic heterocycles. The zero-order valence-electron chi connectivity index (χ0n) is 30.3. The molecule has 48 heavy (non-hydrogen) atoms. The van der Waals surface area contributed by atoms with Crippen LogP contribution in [0.2, 0.25) is 0 Å². The van der Waals surface area contributed by atoms with E-state index in [2.05, 4.69) is 80.7 Å². The average Bonchev–Trinajstić information content (AvgIpc) is 3.01. The zero-order valence-corrected chi connectivity index (χ0v) is 39.2. The molecule has 1 aromatic rings. The van der Waals surface area contributed by atoms with Gasteiger partial charge in [-0.2, -0.15) is 0 Å². The summed E-state index contributed by atoms with van der Waals surface area (Å²) >= 11 is 0. The topological polar surface area (TPSA) is 118 Å². The van der Waals surface area contributed by atoms with Gasteiger partial charge in [-0.3, -0.25) is 14.7 Å². The van der Waals surface area contributed by atoms with Crippen LogP contribution >= 0.6 is 0 Å². The predicted molar refractivity (Wildman–Crippen MR) is 188 cm³/mol. The van der Waals surface area contributed by atoms with Gasteiger partial charge >= 0.3 is 58.4 Å². The molecule has 0 aliphatic carbocycles. The molecule has 12 nitrogen and oxygen atoms in total. The van der Waals surface area contributed by atoms with Gasteiger partial charge in [0.15, 0.2) is 0 Å². The van der Waals surface area contributed by atoms with Gasteiger partial charge in [0.2, 0.25) is 0 Å². The normalized spacial score (nSPS) is 22.2. The fourth-order valence-corrected chi connectivity index (χ4v) is 6.31. The SMILES string of the molecule is [Zn+2].[Zn+2].[Zn+2].c1c(CN2CCNCCNCCNCC2)cc(CN2CCNCCNCCNCC2)cc1CN1CCNCCNCCNCC1. The van der Waals surface area contributed by atoms with Crippen LogP contribution in [-0.2, 0) is 78.1 Å². The summed E-state index contributed by atoms with van der Waals surface area (Å²) in [4.78, 5) is 7.90. The molecule has 258 valence electrons. The van der Waals surface area contributed by atoms with Crippen LogP contribution in [0.5, 0.6) is 0 Å². The van der Waals surface area contributed by atoms with Gasteiger partial charge in [-0.05, 0) is 16.7 Å². The molecule has 15 heteroatoms. The summed E-state index contributed by atoms with van der Waals surface area (Å²) < 4.78 is 0. The Balaban J connectivity index is 0.00000384. The summed E-state index contributed by atoms with van der Waals surface area (Å²) in [6.45, 7) is 27.9. The van der Waals surface area contributed by atoms with E-state index in [1.807, 2.05) is 0 Å². The van der Waals surface area contributed by atoms with Crippen molar-refractivity contribution < 1.29 is 58.4 Å². The molecule has 0 unspecified atom stereocenters. The minimum Gasteiger partial charge on any atom is -0.314 e. The molecular weight excluding hydrogens is 761 g/mol. The summed E-state index contributed by atoms with van der Waals surface area (Å²) in [6.07, 6.45) is 0. The van der Waals surface area contributed by atoms with Gasteiger partial charge in [0.25, 0.3) is 0 Å². The van der Waals surface area contributed by atoms with E-state index >= 15 is 0 Å². The number of rotatable bonds is 6. The monoisotopic (exact) mass is 822 g/mol. The fraction of sp³-hybridized carbons (Fsp3) is 0.818. The minimum absolute atomic E-state index is 0. The molecule has 0 saturated carbocycles. The second-order valence-corrected chi connectivity index (χ2v) is 12.7. The van der Waals surface area contributed by atoms with E-state index in [4.69, 9.17) is 0 Å². The van der Waals surface area contributed by atoms with Gasteiger partial charge in [0.05, 0.1) is 0 Å². The Morgan fingerprint density at radius 1 is 0.292 bits per heavy atom. The van der Waals surface area contributed by atoms with Crippen LogP contribution in [0.15, 0.2) is 18.2 Å². The van der Waals surface area contributed by atoms with Gasteiger partial charge in [-0.15, -0.1) is 0 Å². The molecule has 3 heterocycles. The first-order chi connectivity index (χ1) is 22.3. The third-order valence-electron chi connectivity index (χ3n) is 8.83. The first-order valence-corrected chi connectivity index (χ1v) is 18.0. The number of hydrogen-bond acceptors (Lipinski definition) is 12. The summed E-state index contributed by atoms with van der Waals surface area (Å²) in [5.74, 6) is 0. The molecule has 1 aromatic carbocycles. The standard InChI is InChI=1S/C33H66N12.3Zn/c1-7-37-13-19-43(20-14-38-8-2-34-1)28-31-25-32(29-44-21-15-39-9-3-35-4-10-40-16-22-44)27-33(26-31)30-45-23-17-41-11-5-36-6-12-42-18-24-45;;;/h25-27,34-42H,1-24,28-30H2;;;/q;3*+2. The Labute approximate surface area is 330 Å². The predicted octanol–water partition coefficient (Wildman–Crippen LogP) is -2.57. The second kappa shape index (κ2) is 31.2. The van der Waals surface area contributed by atoms with Crippen LogP contribution in [0, 0.1) is 0 Å². The zero-order chi connectivity index (χ0) is 31.0. The van der Waals surface area contributed by atoms with Gasteiger partial charge in [0, 0.05) is 177 Å². The fourth-order valence-electron chi connectivity index (χ4n) is 6.31. The molecule has 3 saturated heterocycles. The number of benzene rings is 1. The molecule has 0 spiro atoms. The summed E-state index contributed by atoms with van der Waals surface area (Å²) in [6, 6.07) is 7.49. The molecule has 4 rings (SSSR count). The third kappa shape index (κ3) is 21.9. The van der Waals surface area contributed by atoms with Crippen LogP contribution in [-0.4, -0.2) is 172 Å². The second-order valence-electron chi connectivity index (χ2n) is 12.7. The van der Waals surface area contributed by atoms with Crippen molar-refractivity contribution >= 4 is 0 Å². The van der Waals surface area contributed by atoms with Crippen molar-refractivity contribution in [3.05, 3.63) is 34.9 Å². The number of hydrogen-bond donors (Lipinski definition) is 9. The molecule has 0 bridgehead atoms. The number of nitrogens with zero attached hydrogens (tertiary/aromatic N) is 3. The molecule has 3 aliphatic rings. The third-order valence-corrected chi connectivity index (χ3v) is 8.83. The molecule has 0 amide bonds.